The summed E-state index contributed by atoms with van der Waals surface area (Å²) in [6.45, 7) is 3.31. The molecule has 2 rings (SSSR count). The zero-order chi connectivity index (χ0) is 16.5. The number of oxime groups is 2. The Kier molecular flexibility index (Phi) is 22.4. The van der Waals surface area contributed by atoms with E-state index in [-0.39, 0.29) is 77.9 Å². The Morgan fingerprint density at radius 1 is 0.731 bits per heavy atom. The minimum atomic E-state index is 0. The van der Waals surface area contributed by atoms with Crippen LogP contribution in [0.25, 0.3) is 0 Å². The van der Waals surface area contributed by atoms with Gasteiger partial charge in [-0.1, -0.05) is 10.3 Å². The molecule has 0 unspecified atom stereocenters. The largest absolute Gasteiger partial charge is 0.411 e. The van der Waals surface area contributed by atoms with Gasteiger partial charge in [0.2, 0.25) is 0 Å². The van der Waals surface area contributed by atoms with E-state index in [4.69, 9.17) is 20.6 Å². The second kappa shape index (κ2) is 17.7. The van der Waals surface area contributed by atoms with Crippen LogP contribution in [0.15, 0.2) is 69.4 Å². The summed E-state index contributed by atoms with van der Waals surface area (Å²) < 4.78 is 0. The normalized spacial score (nSPS) is 15.8. The summed E-state index contributed by atoms with van der Waals surface area (Å²) in [4.78, 5) is 0. The van der Waals surface area contributed by atoms with E-state index in [0.717, 1.165) is 0 Å². The van der Waals surface area contributed by atoms with Crippen molar-refractivity contribution in [1.29, 1.82) is 0 Å². The Morgan fingerprint density at radius 3 is 1.23 bits per heavy atom. The van der Waals surface area contributed by atoms with Gasteiger partial charge in [0.05, 0.1) is 11.4 Å². The van der Waals surface area contributed by atoms with Crippen LogP contribution < -0.4 is 0 Å². The summed E-state index contributed by atoms with van der Waals surface area (Å²) in [5, 5.41) is 40.5. The SMILES string of the molecule is CC(=NO)C1=C=C[C](O)C=C1.CC(=NO)C1=C=C[C](O)C=C1.Cl.Cl.[Pd].[Pd]. The predicted molar refractivity (Wildman–Crippen MR) is 96.1 cm³/mol. The van der Waals surface area contributed by atoms with Crippen LogP contribution in [0.2, 0.25) is 0 Å². The molecule has 2 radical (unpaired) electrons. The summed E-state index contributed by atoms with van der Waals surface area (Å²) in [6.07, 6.45) is 9.43. The van der Waals surface area contributed by atoms with Crippen molar-refractivity contribution in [2.24, 2.45) is 10.3 Å². The van der Waals surface area contributed by atoms with Gasteiger partial charge in [-0.25, -0.2) is 0 Å². The molecule has 150 valence electrons. The summed E-state index contributed by atoms with van der Waals surface area (Å²) in [6, 6.07) is 0. The van der Waals surface area contributed by atoms with Gasteiger partial charge in [0.1, 0.15) is 12.2 Å². The third-order valence-corrected chi connectivity index (χ3v) is 2.67. The van der Waals surface area contributed by atoms with Crippen LogP contribution in [0.3, 0.4) is 0 Å². The summed E-state index contributed by atoms with van der Waals surface area (Å²) in [5.41, 5.74) is 7.79. The van der Waals surface area contributed by atoms with Gasteiger partial charge >= 0.3 is 0 Å². The van der Waals surface area contributed by atoms with E-state index in [0.29, 0.717) is 22.6 Å². The van der Waals surface area contributed by atoms with Gasteiger partial charge in [0.25, 0.3) is 0 Å². The van der Waals surface area contributed by atoms with Crippen molar-refractivity contribution in [3.05, 3.63) is 71.3 Å². The molecule has 0 bridgehead atoms. The molecule has 0 aliphatic heterocycles. The van der Waals surface area contributed by atoms with Crippen LogP contribution in [0.5, 0.6) is 0 Å². The molecule has 0 saturated carbocycles. The minimum absolute atomic E-state index is 0. The number of aliphatic hydroxyl groups is 2. The zero-order valence-electron chi connectivity index (χ0n) is 13.6. The fraction of sp³-hybridized carbons (Fsp3) is 0.125. The maximum absolute atomic E-state index is 8.88. The molecular formula is C16H18Cl2N2O4Pd2. The second-order valence-electron chi connectivity index (χ2n) is 4.29. The van der Waals surface area contributed by atoms with Gasteiger partial charge in [-0.05, 0) is 50.3 Å². The molecule has 0 heterocycles. The number of halogens is 2. The molecular weight excluding hydrogens is 568 g/mol. The Labute approximate surface area is 192 Å². The Hall–Kier alpha value is -0.715. The first kappa shape index (κ1) is 32.9. The van der Waals surface area contributed by atoms with Crippen molar-refractivity contribution >= 4 is 36.2 Å². The van der Waals surface area contributed by atoms with Crippen LogP contribution >= 0.6 is 24.8 Å². The van der Waals surface area contributed by atoms with Crippen LogP contribution in [0.1, 0.15) is 13.8 Å². The number of aliphatic hydroxyl groups excluding tert-OH is 2. The minimum Gasteiger partial charge on any atom is -0.411 e. The standard InChI is InChI=1S/2C8H8NO2.2ClH.2Pd/c2*1-6(9-11)7-2-4-8(10)5-3-7;;;;/h2*2,4-5,10-11H,1H3;2*1H;;. The van der Waals surface area contributed by atoms with Gasteiger partial charge in [0, 0.05) is 52.0 Å². The topological polar surface area (TPSA) is 106 Å². The third kappa shape index (κ3) is 11.8. The van der Waals surface area contributed by atoms with E-state index in [2.05, 4.69) is 21.8 Å². The van der Waals surface area contributed by atoms with E-state index in [1.54, 1.807) is 26.0 Å². The number of hydrogen-bond acceptors (Lipinski definition) is 6. The molecule has 6 nitrogen and oxygen atoms in total. The molecule has 0 spiro atoms. The number of hydrogen-bond donors (Lipinski definition) is 4. The first-order valence-electron chi connectivity index (χ1n) is 6.27. The fourth-order valence-corrected chi connectivity index (χ4v) is 1.39. The quantitative estimate of drug-likeness (QED) is 0.131. The van der Waals surface area contributed by atoms with Gasteiger partial charge in [-0.15, -0.1) is 36.3 Å². The maximum Gasteiger partial charge on any atom is 0.145 e. The van der Waals surface area contributed by atoms with E-state index in [1.807, 2.05) is 0 Å². The Morgan fingerprint density at radius 2 is 1.04 bits per heavy atom. The molecule has 26 heavy (non-hydrogen) atoms. The molecule has 10 heteroatoms. The number of nitrogens with zero attached hydrogens (tertiary/aromatic N) is 2. The Bertz CT molecular complexity index is 618. The molecule has 0 aromatic heterocycles. The van der Waals surface area contributed by atoms with Crippen molar-refractivity contribution < 1.29 is 61.5 Å². The van der Waals surface area contributed by atoms with Crippen molar-refractivity contribution in [2.45, 2.75) is 13.8 Å². The third-order valence-electron chi connectivity index (χ3n) is 2.67. The molecule has 0 atom stereocenters. The van der Waals surface area contributed by atoms with E-state index >= 15 is 0 Å². The first-order valence-corrected chi connectivity index (χ1v) is 6.27. The average Bonchev–Trinajstić information content (AvgIpc) is 2.55. The molecule has 0 amide bonds. The fourth-order valence-electron chi connectivity index (χ4n) is 1.39. The summed E-state index contributed by atoms with van der Waals surface area (Å²) in [7, 11) is 0. The van der Waals surface area contributed by atoms with Crippen LogP contribution in [0, 0.1) is 12.2 Å². The van der Waals surface area contributed by atoms with E-state index < -0.39 is 0 Å². The number of allylic oxidation sites excluding steroid dienone is 2. The monoisotopic (exact) mass is 584 g/mol. The van der Waals surface area contributed by atoms with Crippen molar-refractivity contribution in [3.63, 3.8) is 0 Å². The van der Waals surface area contributed by atoms with Crippen LogP contribution in [0.4, 0.5) is 0 Å². The first-order chi connectivity index (χ1) is 10.5. The molecule has 2 aliphatic carbocycles. The Balaban J connectivity index is -0.000000161. The molecule has 0 aromatic carbocycles. The zero-order valence-corrected chi connectivity index (χ0v) is 18.3. The molecule has 0 fully saturated rings. The number of rotatable bonds is 2. The van der Waals surface area contributed by atoms with Gasteiger partial charge in [0.15, 0.2) is 0 Å². The molecule has 4 N–H and O–H groups in total. The van der Waals surface area contributed by atoms with Gasteiger partial charge < -0.3 is 20.6 Å². The smallest absolute Gasteiger partial charge is 0.145 e. The molecule has 2 aliphatic rings. The maximum atomic E-state index is 8.88. The van der Waals surface area contributed by atoms with Crippen LogP contribution in [-0.4, -0.2) is 32.1 Å². The average molecular weight is 586 g/mol. The second-order valence-corrected chi connectivity index (χ2v) is 4.29. The van der Waals surface area contributed by atoms with Crippen molar-refractivity contribution in [1.82, 2.24) is 0 Å². The van der Waals surface area contributed by atoms with Crippen molar-refractivity contribution in [3.8, 4) is 0 Å². The van der Waals surface area contributed by atoms with Gasteiger partial charge in [-0.2, -0.15) is 0 Å². The predicted octanol–water partition coefficient (Wildman–Crippen LogP) is 3.62. The van der Waals surface area contributed by atoms with E-state index in [1.165, 1.54) is 24.3 Å². The summed E-state index contributed by atoms with van der Waals surface area (Å²) >= 11 is 0. The van der Waals surface area contributed by atoms with Gasteiger partial charge in [-0.3, -0.25) is 0 Å². The van der Waals surface area contributed by atoms with E-state index in [9.17, 15) is 0 Å². The summed E-state index contributed by atoms with van der Waals surface area (Å²) in [5.74, 6) is 0. The molecule has 0 saturated heterocycles. The molecule has 0 aromatic rings. The van der Waals surface area contributed by atoms with Crippen LogP contribution in [-0.2, 0) is 40.8 Å². The van der Waals surface area contributed by atoms with Crippen molar-refractivity contribution in [2.75, 3.05) is 0 Å².